The van der Waals surface area contributed by atoms with E-state index in [2.05, 4.69) is 25.3 Å². The maximum Gasteiger partial charge on any atom is 0.0310 e. The molecule has 0 aromatic heterocycles. The molecule has 2 nitrogen and oxygen atoms in total. The van der Waals surface area contributed by atoms with Crippen LogP contribution < -0.4 is 5.73 Å². The zero-order valence-electron chi connectivity index (χ0n) is 9.59. The van der Waals surface area contributed by atoms with Gasteiger partial charge in [0, 0.05) is 24.5 Å². The molecule has 2 heteroatoms. The van der Waals surface area contributed by atoms with Crippen LogP contribution in [0.1, 0.15) is 27.2 Å². The van der Waals surface area contributed by atoms with Gasteiger partial charge in [0.05, 0.1) is 0 Å². The predicted molar refractivity (Wildman–Crippen MR) is 61.6 cm³/mol. The van der Waals surface area contributed by atoms with Gasteiger partial charge in [0.1, 0.15) is 0 Å². The van der Waals surface area contributed by atoms with Gasteiger partial charge in [-0.2, -0.15) is 0 Å². The van der Waals surface area contributed by atoms with Crippen LogP contribution >= 0.6 is 0 Å². The summed E-state index contributed by atoms with van der Waals surface area (Å²) in [4.78, 5) is 2.34. The lowest BCUT2D eigenvalue weighted by Gasteiger charge is -2.36. The Hall–Kier alpha value is -0.920. The van der Waals surface area contributed by atoms with Crippen LogP contribution in [0.15, 0.2) is 24.0 Å². The van der Waals surface area contributed by atoms with Crippen molar-refractivity contribution in [3.63, 3.8) is 0 Å². The Morgan fingerprint density at radius 1 is 1.36 bits per heavy atom. The van der Waals surface area contributed by atoms with Gasteiger partial charge in [0.2, 0.25) is 0 Å². The van der Waals surface area contributed by atoms with Crippen molar-refractivity contribution in [2.75, 3.05) is 13.1 Å². The first-order chi connectivity index (χ1) is 6.49. The lowest BCUT2D eigenvalue weighted by atomic mass is 9.91. The third kappa shape index (κ3) is 3.09. The van der Waals surface area contributed by atoms with Gasteiger partial charge in [-0.25, -0.2) is 0 Å². The molecule has 2 N–H and O–H groups in total. The summed E-state index contributed by atoms with van der Waals surface area (Å²) in [7, 11) is 0. The second kappa shape index (κ2) is 4.54. The van der Waals surface area contributed by atoms with Crippen LogP contribution in [0.2, 0.25) is 0 Å². The predicted octanol–water partition coefficient (Wildman–Crippen LogP) is 2.34. The minimum atomic E-state index is 0.766. The van der Waals surface area contributed by atoms with Gasteiger partial charge < -0.3 is 10.6 Å². The highest BCUT2D eigenvalue weighted by Crippen LogP contribution is 2.23. The van der Waals surface area contributed by atoms with E-state index >= 15 is 0 Å². The molecule has 0 aliphatic carbocycles. The molecule has 1 aliphatic rings. The molecule has 0 amide bonds. The number of likely N-dealkylation sites (tertiary alicyclic amines) is 1. The van der Waals surface area contributed by atoms with Gasteiger partial charge in [-0.3, -0.25) is 0 Å². The fourth-order valence-corrected chi connectivity index (χ4v) is 2.25. The number of hydrogen-bond donors (Lipinski definition) is 1. The number of hydrogen-bond acceptors (Lipinski definition) is 2. The first-order valence-electron chi connectivity index (χ1n) is 5.36. The summed E-state index contributed by atoms with van der Waals surface area (Å²) in [5, 5.41) is 0. The van der Waals surface area contributed by atoms with Gasteiger partial charge in [-0.05, 0) is 31.3 Å². The third-order valence-electron chi connectivity index (χ3n) is 2.67. The Balaban J connectivity index is 2.59. The molecular weight excluding hydrogens is 172 g/mol. The van der Waals surface area contributed by atoms with Crippen LogP contribution in [0.5, 0.6) is 0 Å². The smallest absolute Gasteiger partial charge is 0.0310 e. The van der Waals surface area contributed by atoms with Crippen molar-refractivity contribution in [2.45, 2.75) is 27.2 Å². The molecule has 1 saturated heterocycles. The first-order valence-corrected chi connectivity index (χ1v) is 5.36. The lowest BCUT2D eigenvalue weighted by Crippen LogP contribution is -2.37. The van der Waals surface area contributed by atoms with Gasteiger partial charge in [0.15, 0.2) is 0 Å². The molecule has 14 heavy (non-hydrogen) atoms. The van der Waals surface area contributed by atoms with Gasteiger partial charge >= 0.3 is 0 Å². The molecule has 0 radical (unpaired) electrons. The Bertz CT molecular complexity index is 229. The van der Waals surface area contributed by atoms with Crippen molar-refractivity contribution >= 4 is 0 Å². The summed E-state index contributed by atoms with van der Waals surface area (Å²) in [5.74, 6) is 1.53. The van der Waals surface area contributed by atoms with Crippen molar-refractivity contribution < 1.29 is 0 Å². The monoisotopic (exact) mass is 194 g/mol. The molecule has 1 fully saturated rings. The Morgan fingerprint density at radius 3 is 2.29 bits per heavy atom. The standard InChI is InChI=1S/C12H22N2/c1-9-5-10(2)8-14(7-9)12(4)6-11(3)13/h6,9-10H,4-5,7-8,13H2,1-3H3/b11-6-. The highest BCUT2D eigenvalue weighted by Gasteiger charge is 2.21. The second-order valence-electron chi connectivity index (χ2n) is 4.73. The van der Waals surface area contributed by atoms with Gasteiger partial charge in [-0.15, -0.1) is 0 Å². The molecular formula is C12H22N2. The molecule has 80 valence electrons. The number of rotatable bonds is 2. The maximum absolute atomic E-state index is 5.64. The molecule has 2 unspecified atom stereocenters. The summed E-state index contributed by atoms with van der Waals surface area (Å²) in [6, 6.07) is 0. The van der Waals surface area contributed by atoms with Gasteiger partial charge in [-0.1, -0.05) is 20.4 Å². The topological polar surface area (TPSA) is 29.3 Å². The SMILES string of the molecule is C=C(/C=C(/C)N)N1CC(C)CC(C)C1. The third-order valence-corrected chi connectivity index (χ3v) is 2.67. The number of allylic oxidation sites excluding steroid dienone is 2. The second-order valence-corrected chi connectivity index (χ2v) is 4.73. The van der Waals surface area contributed by atoms with E-state index < -0.39 is 0 Å². The molecule has 2 atom stereocenters. The number of piperidine rings is 1. The van der Waals surface area contributed by atoms with Crippen LogP contribution in [-0.4, -0.2) is 18.0 Å². The molecule has 1 heterocycles. The quantitative estimate of drug-likeness (QED) is 0.684. The molecule has 1 rings (SSSR count). The molecule has 0 saturated carbocycles. The summed E-state index contributed by atoms with van der Waals surface area (Å²) in [5.41, 5.74) is 7.54. The number of nitrogens with two attached hydrogens (primary N) is 1. The van der Waals surface area contributed by atoms with Crippen LogP contribution in [0.4, 0.5) is 0 Å². The maximum atomic E-state index is 5.64. The first kappa shape index (κ1) is 11.2. The average molecular weight is 194 g/mol. The van der Waals surface area contributed by atoms with Crippen LogP contribution in [-0.2, 0) is 0 Å². The van der Waals surface area contributed by atoms with Crippen LogP contribution in [0, 0.1) is 11.8 Å². The van der Waals surface area contributed by atoms with Crippen molar-refractivity contribution in [2.24, 2.45) is 17.6 Å². The molecule has 1 aliphatic heterocycles. The summed E-state index contributed by atoms with van der Waals surface area (Å²) in [6.07, 6.45) is 3.29. The summed E-state index contributed by atoms with van der Waals surface area (Å²) in [6.45, 7) is 12.8. The fourth-order valence-electron chi connectivity index (χ4n) is 2.25. The van der Waals surface area contributed by atoms with E-state index in [-0.39, 0.29) is 0 Å². The Labute approximate surface area is 87.5 Å². The summed E-state index contributed by atoms with van der Waals surface area (Å²) < 4.78 is 0. The Kier molecular flexibility index (Phi) is 3.62. The van der Waals surface area contributed by atoms with E-state index in [1.54, 1.807) is 0 Å². The fraction of sp³-hybridized carbons (Fsp3) is 0.667. The van der Waals surface area contributed by atoms with Crippen molar-refractivity contribution in [3.8, 4) is 0 Å². The van der Waals surface area contributed by atoms with E-state index in [1.807, 2.05) is 13.0 Å². The average Bonchev–Trinajstić information content (AvgIpc) is 2.00. The minimum Gasteiger partial charge on any atom is -0.402 e. The normalized spacial score (nSPS) is 29.1. The number of nitrogens with zero attached hydrogens (tertiary/aromatic N) is 1. The van der Waals surface area contributed by atoms with E-state index in [4.69, 9.17) is 5.73 Å². The zero-order chi connectivity index (χ0) is 10.7. The van der Waals surface area contributed by atoms with Crippen molar-refractivity contribution in [1.82, 2.24) is 4.90 Å². The van der Waals surface area contributed by atoms with E-state index in [0.717, 1.165) is 36.3 Å². The highest BCUT2D eigenvalue weighted by atomic mass is 15.1. The molecule has 0 spiro atoms. The van der Waals surface area contributed by atoms with Gasteiger partial charge in [0.25, 0.3) is 0 Å². The molecule has 0 aromatic rings. The van der Waals surface area contributed by atoms with E-state index in [1.165, 1.54) is 6.42 Å². The van der Waals surface area contributed by atoms with Crippen molar-refractivity contribution in [1.29, 1.82) is 0 Å². The highest BCUT2D eigenvalue weighted by molar-refractivity contribution is 5.17. The van der Waals surface area contributed by atoms with E-state index in [0.29, 0.717) is 0 Å². The largest absolute Gasteiger partial charge is 0.402 e. The summed E-state index contributed by atoms with van der Waals surface area (Å²) >= 11 is 0. The lowest BCUT2D eigenvalue weighted by molar-refractivity contribution is 0.183. The van der Waals surface area contributed by atoms with Crippen molar-refractivity contribution in [3.05, 3.63) is 24.0 Å². The van der Waals surface area contributed by atoms with Crippen LogP contribution in [0.3, 0.4) is 0 Å². The molecule has 0 bridgehead atoms. The minimum absolute atomic E-state index is 0.766. The zero-order valence-corrected chi connectivity index (χ0v) is 9.59. The Morgan fingerprint density at radius 2 is 1.86 bits per heavy atom. The van der Waals surface area contributed by atoms with Crippen LogP contribution in [0.25, 0.3) is 0 Å². The van der Waals surface area contributed by atoms with E-state index in [9.17, 15) is 0 Å². The molecule has 0 aromatic carbocycles.